The van der Waals surface area contributed by atoms with Crippen LogP contribution in [0.25, 0.3) is 0 Å². The van der Waals surface area contributed by atoms with Crippen molar-refractivity contribution in [3.8, 4) is 0 Å². The fourth-order valence-corrected chi connectivity index (χ4v) is 13.7. The van der Waals surface area contributed by atoms with Crippen LogP contribution < -0.4 is 31.9 Å². The second kappa shape index (κ2) is 26.9. The highest BCUT2D eigenvalue weighted by Gasteiger charge is 2.47. The van der Waals surface area contributed by atoms with Crippen molar-refractivity contribution in [2.24, 2.45) is 23.7 Å². The second-order valence-corrected chi connectivity index (χ2v) is 24.1. The second-order valence-electron chi connectivity index (χ2n) is 24.1. The average molecular weight is 1100 g/mol. The number of fused-ring (bicyclic) bond motifs is 2. The van der Waals surface area contributed by atoms with E-state index in [1.807, 2.05) is 44.2 Å². The first-order valence-corrected chi connectivity index (χ1v) is 30.3. The Balaban J connectivity index is 0.896. The molecule has 2 heterocycles. The Kier molecular flexibility index (Phi) is 19.6. The summed E-state index contributed by atoms with van der Waals surface area (Å²) in [5.74, 6) is -3.00. The van der Waals surface area contributed by atoms with Gasteiger partial charge in [-0.15, -0.1) is 0 Å². The lowest BCUT2D eigenvalue weighted by atomic mass is 9.83. The molecule has 9 rings (SSSR count). The summed E-state index contributed by atoms with van der Waals surface area (Å²) < 4.78 is 0. The standard InChI is InChI=1S/C64H86N8O8/c1-5-39(2)58(74)69-56(45-20-8-6-9-21-45)63(79)71-37-41(34-53(71)61(77)67-51-28-16-24-42-18-12-14-26-49(42)51)35-55(73)44-30-32-47(33-31-44)60(76)66-48-36-54(62(78)68-52-29-17-25-43-19-13-15-27-50(43)52)72(38-48)64(80)57(46-22-10-7-11-23-46)70-59(75)40(3)65-4/h12-15,18-19,26-27,30-33,39-41,45-46,48,51-54,56-57,65H,5-11,16-17,20-25,28-29,34-38H2,1-4H3,(H,66,76)(H,67,77)(H,68,78)(H,69,74)(H,70,75)/t39-,40+,41-,48+,51+,52+,53+,54+,56+,57+/m1/s1. The van der Waals surface area contributed by atoms with Gasteiger partial charge in [-0.1, -0.05) is 113 Å². The van der Waals surface area contributed by atoms with E-state index in [1.165, 1.54) is 11.1 Å². The fraction of sp³-hybridized carbons (Fsp3) is 0.594. The summed E-state index contributed by atoms with van der Waals surface area (Å²) in [6.07, 6.45) is 15.5. The Hall–Kier alpha value is -6.42. The van der Waals surface area contributed by atoms with Crippen LogP contribution in [0.3, 0.4) is 0 Å². The molecule has 0 radical (unpaired) electrons. The van der Waals surface area contributed by atoms with Crippen LogP contribution in [0.1, 0.15) is 191 Å². The number of hydrogen-bond donors (Lipinski definition) is 6. The number of carbonyl (C=O) groups excluding carboxylic acids is 8. The molecule has 16 heteroatoms. The van der Waals surface area contributed by atoms with Crippen LogP contribution in [0.4, 0.5) is 0 Å². The minimum absolute atomic E-state index is 0.0549. The minimum atomic E-state index is -0.898. The molecule has 3 aromatic carbocycles. The number of amides is 7. The maximum Gasteiger partial charge on any atom is 0.251 e. The minimum Gasteiger partial charge on any atom is -0.347 e. The van der Waals surface area contributed by atoms with Gasteiger partial charge in [0.25, 0.3) is 5.91 Å². The topological polar surface area (TPSA) is 215 Å². The Bertz CT molecular complexity index is 2540. The molecule has 10 atom stereocenters. The molecule has 6 aliphatic rings. The number of ketones is 1. The molecule has 6 N–H and O–H groups in total. The number of hydrogen-bond acceptors (Lipinski definition) is 9. The average Bonchev–Trinajstić information content (AvgIpc) is 4.12. The van der Waals surface area contributed by atoms with E-state index in [-0.39, 0.29) is 109 Å². The molecule has 4 aliphatic carbocycles. The van der Waals surface area contributed by atoms with Crippen LogP contribution in [0.2, 0.25) is 0 Å². The first-order valence-electron chi connectivity index (χ1n) is 30.3. The molecule has 80 heavy (non-hydrogen) atoms. The van der Waals surface area contributed by atoms with Gasteiger partial charge in [-0.2, -0.15) is 0 Å². The summed E-state index contributed by atoms with van der Waals surface area (Å²) in [7, 11) is 1.69. The number of rotatable bonds is 19. The Labute approximate surface area is 472 Å². The zero-order valence-electron chi connectivity index (χ0n) is 47.6. The third-order valence-corrected chi connectivity index (χ3v) is 18.8. The maximum absolute atomic E-state index is 15.0. The van der Waals surface area contributed by atoms with Crippen LogP contribution in [0, 0.1) is 23.7 Å². The summed E-state index contributed by atoms with van der Waals surface area (Å²) in [5, 5.41) is 18.8. The van der Waals surface area contributed by atoms with Gasteiger partial charge in [-0.25, -0.2) is 0 Å². The number of nitrogens with one attached hydrogen (secondary N) is 6. The van der Waals surface area contributed by atoms with E-state index in [2.05, 4.69) is 50.1 Å². The van der Waals surface area contributed by atoms with Crippen LogP contribution in [0.5, 0.6) is 0 Å². The molecule has 0 aromatic heterocycles. The number of aryl methyl sites for hydroxylation is 2. The van der Waals surface area contributed by atoms with Gasteiger partial charge in [0.2, 0.25) is 35.4 Å². The molecule has 7 amide bonds. The van der Waals surface area contributed by atoms with Crippen molar-refractivity contribution >= 4 is 47.1 Å². The number of carbonyl (C=O) groups is 8. The van der Waals surface area contributed by atoms with Gasteiger partial charge in [0, 0.05) is 42.6 Å². The van der Waals surface area contributed by atoms with Gasteiger partial charge < -0.3 is 41.7 Å². The Morgan fingerprint density at radius 2 is 1.04 bits per heavy atom. The predicted molar refractivity (Wildman–Crippen MR) is 306 cm³/mol. The number of Topliss-reactive ketones (excluding diaryl/α,β-unsaturated/α-hetero) is 1. The highest BCUT2D eigenvalue weighted by Crippen LogP contribution is 2.36. The molecular formula is C64H86N8O8. The van der Waals surface area contributed by atoms with Crippen LogP contribution in [0.15, 0.2) is 72.8 Å². The van der Waals surface area contributed by atoms with E-state index in [4.69, 9.17) is 0 Å². The number of likely N-dealkylation sites (tertiary alicyclic amines) is 2. The molecule has 430 valence electrons. The van der Waals surface area contributed by atoms with Crippen molar-refractivity contribution in [1.29, 1.82) is 0 Å². The molecule has 0 spiro atoms. The monoisotopic (exact) mass is 1090 g/mol. The largest absolute Gasteiger partial charge is 0.347 e. The first kappa shape index (κ1) is 58.2. The molecule has 0 bridgehead atoms. The summed E-state index contributed by atoms with van der Waals surface area (Å²) >= 11 is 0. The van der Waals surface area contributed by atoms with E-state index in [1.54, 1.807) is 48.0 Å². The summed E-state index contributed by atoms with van der Waals surface area (Å²) in [4.78, 5) is 117. The zero-order chi connectivity index (χ0) is 56.5. The van der Waals surface area contributed by atoms with E-state index in [0.717, 1.165) is 114 Å². The summed E-state index contributed by atoms with van der Waals surface area (Å²) in [6.45, 7) is 5.81. The normalized spacial score (nSPS) is 24.7. The van der Waals surface area contributed by atoms with Crippen molar-refractivity contribution in [2.75, 3.05) is 20.1 Å². The molecule has 2 saturated carbocycles. The summed E-state index contributed by atoms with van der Waals surface area (Å²) in [5.41, 5.74) is 5.23. The Morgan fingerprint density at radius 3 is 1.56 bits per heavy atom. The quantitative estimate of drug-likeness (QED) is 0.0662. The van der Waals surface area contributed by atoms with Crippen molar-refractivity contribution in [3.05, 3.63) is 106 Å². The van der Waals surface area contributed by atoms with Gasteiger partial charge in [0.1, 0.15) is 24.2 Å². The smallest absolute Gasteiger partial charge is 0.251 e. The van der Waals surface area contributed by atoms with E-state index >= 15 is 0 Å². The lowest BCUT2D eigenvalue weighted by molar-refractivity contribution is -0.143. The van der Waals surface area contributed by atoms with E-state index < -0.39 is 42.2 Å². The van der Waals surface area contributed by atoms with Gasteiger partial charge in [0.05, 0.1) is 18.1 Å². The fourth-order valence-electron chi connectivity index (χ4n) is 13.7. The molecule has 4 fully saturated rings. The SMILES string of the molecule is CC[C@@H](C)C(=O)N[C@H](C(=O)N1C[C@@H](CC(=O)c2ccc(C(=O)N[C@H]3C[C@@H](C(=O)N[C@H]4CCCc5ccccc54)N(C(=O)[C@@H](NC(=O)[C@H](C)NC)C4CCCCC4)C3)cc2)C[C@H]1C(=O)N[C@H]1CCCc2ccccc21)C1CCCCC1. The maximum atomic E-state index is 15.0. The predicted octanol–water partition coefficient (Wildman–Crippen LogP) is 7.35. The molecule has 16 nitrogen and oxygen atoms in total. The van der Waals surface area contributed by atoms with Gasteiger partial charge in [-0.05, 0) is 150 Å². The lowest BCUT2D eigenvalue weighted by Gasteiger charge is -2.35. The van der Waals surface area contributed by atoms with Gasteiger partial charge in [0.15, 0.2) is 5.78 Å². The Morgan fingerprint density at radius 1 is 0.550 bits per heavy atom. The van der Waals surface area contributed by atoms with Gasteiger partial charge in [-0.3, -0.25) is 38.4 Å². The van der Waals surface area contributed by atoms with Crippen molar-refractivity contribution < 1.29 is 38.4 Å². The first-order chi connectivity index (χ1) is 38.7. The van der Waals surface area contributed by atoms with Gasteiger partial charge >= 0.3 is 0 Å². The van der Waals surface area contributed by atoms with Crippen molar-refractivity contribution in [1.82, 2.24) is 41.7 Å². The third kappa shape index (κ3) is 13.7. The summed E-state index contributed by atoms with van der Waals surface area (Å²) in [6, 6.07) is 17.8. The number of benzene rings is 3. The third-order valence-electron chi connectivity index (χ3n) is 18.8. The molecule has 3 aromatic rings. The molecular weight excluding hydrogens is 1010 g/mol. The van der Waals surface area contributed by atoms with Crippen LogP contribution >= 0.6 is 0 Å². The number of nitrogens with zero attached hydrogens (tertiary/aromatic N) is 2. The van der Waals surface area contributed by atoms with Crippen LogP contribution in [-0.4, -0.2) is 113 Å². The molecule has 2 aliphatic heterocycles. The van der Waals surface area contributed by atoms with Crippen molar-refractivity contribution in [2.45, 2.75) is 198 Å². The van der Waals surface area contributed by atoms with Crippen molar-refractivity contribution in [3.63, 3.8) is 0 Å². The van der Waals surface area contributed by atoms with E-state index in [0.29, 0.717) is 17.5 Å². The van der Waals surface area contributed by atoms with E-state index in [9.17, 15) is 38.4 Å². The lowest BCUT2D eigenvalue weighted by Crippen LogP contribution is -2.58. The molecule has 0 unspecified atom stereocenters. The number of likely N-dealkylation sites (N-methyl/N-ethyl adjacent to an activating group) is 1. The zero-order valence-corrected chi connectivity index (χ0v) is 47.6. The van der Waals surface area contributed by atoms with Crippen LogP contribution in [-0.2, 0) is 41.6 Å². The highest BCUT2D eigenvalue weighted by atomic mass is 16.2. The highest BCUT2D eigenvalue weighted by molar-refractivity contribution is 6.00. The molecule has 2 saturated heterocycles.